The zero-order valence-electron chi connectivity index (χ0n) is 13.1. The van der Waals surface area contributed by atoms with Crippen molar-refractivity contribution in [2.24, 2.45) is 5.92 Å². The number of hydrogen-bond acceptors (Lipinski definition) is 2. The quantitative estimate of drug-likeness (QED) is 0.751. The standard InChI is InChI=1S/C16H25N3OS/c1-10-6-4-5-7-14(10)19-16(21)17-9-13-11(2)8-12(3)18-15(13)20/h8,10,14H,4-7,9H2,1-3H3,(H,18,20)(H2,17,19,21)/t10-,14+/m0/s1. The minimum atomic E-state index is -0.0335. The van der Waals surface area contributed by atoms with Gasteiger partial charge in [-0.1, -0.05) is 19.8 Å². The highest BCUT2D eigenvalue weighted by molar-refractivity contribution is 7.80. The first-order chi connectivity index (χ1) is 9.97. The SMILES string of the molecule is Cc1cc(C)c(CNC(=S)N[C@@H]2CCCC[C@@H]2C)c(=O)[nH]1. The second-order valence-corrected chi connectivity index (χ2v) is 6.55. The molecule has 1 heterocycles. The summed E-state index contributed by atoms with van der Waals surface area (Å²) in [6.45, 7) is 6.59. The molecular formula is C16H25N3OS. The molecule has 0 amide bonds. The molecule has 1 saturated carbocycles. The fourth-order valence-corrected chi connectivity index (χ4v) is 3.24. The summed E-state index contributed by atoms with van der Waals surface area (Å²) in [5.74, 6) is 0.656. The first kappa shape index (κ1) is 16.0. The highest BCUT2D eigenvalue weighted by Crippen LogP contribution is 2.23. The van der Waals surface area contributed by atoms with Crippen LogP contribution in [0.5, 0.6) is 0 Å². The lowest BCUT2D eigenvalue weighted by molar-refractivity contribution is 0.308. The predicted octanol–water partition coefficient (Wildman–Crippen LogP) is 2.53. The van der Waals surface area contributed by atoms with Crippen molar-refractivity contribution in [2.75, 3.05) is 0 Å². The van der Waals surface area contributed by atoms with Crippen LogP contribution in [-0.4, -0.2) is 16.1 Å². The van der Waals surface area contributed by atoms with Crippen molar-refractivity contribution in [3.8, 4) is 0 Å². The average Bonchev–Trinajstić information content (AvgIpc) is 2.40. The number of nitrogens with one attached hydrogen (secondary N) is 3. The summed E-state index contributed by atoms with van der Waals surface area (Å²) in [5, 5.41) is 7.21. The third-order valence-electron chi connectivity index (χ3n) is 4.35. The molecule has 5 heteroatoms. The van der Waals surface area contributed by atoms with Gasteiger partial charge in [0.2, 0.25) is 0 Å². The Kier molecular flexibility index (Phi) is 5.39. The largest absolute Gasteiger partial charge is 0.360 e. The number of thiocarbonyl (C=S) groups is 1. The second kappa shape index (κ2) is 7.07. The summed E-state index contributed by atoms with van der Waals surface area (Å²) in [6, 6.07) is 2.44. The summed E-state index contributed by atoms with van der Waals surface area (Å²) in [7, 11) is 0. The van der Waals surface area contributed by atoms with Crippen molar-refractivity contribution in [3.05, 3.63) is 33.2 Å². The van der Waals surface area contributed by atoms with Crippen LogP contribution < -0.4 is 16.2 Å². The summed E-state index contributed by atoms with van der Waals surface area (Å²) >= 11 is 5.36. The van der Waals surface area contributed by atoms with Gasteiger partial charge in [-0.15, -0.1) is 0 Å². The highest BCUT2D eigenvalue weighted by Gasteiger charge is 2.21. The molecule has 4 nitrogen and oxygen atoms in total. The molecule has 0 saturated heterocycles. The van der Waals surface area contributed by atoms with Crippen LogP contribution in [0, 0.1) is 19.8 Å². The maximum atomic E-state index is 12.0. The summed E-state index contributed by atoms with van der Waals surface area (Å²) in [4.78, 5) is 14.8. The van der Waals surface area contributed by atoms with Gasteiger partial charge in [0.05, 0.1) is 0 Å². The van der Waals surface area contributed by atoms with Crippen LogP contribution in [0.1, 0.15) is 49.4 Å². The molecular weight excluding hydrogens is 282 g/mol. The topological polar surface area (TPSA) is 56.9 Å². The Balaban J connectivity index is 1.91. The van der Waals surface area contributed by atoms with Gasteiger partial charge in [-0.2, -0.15) is 0 Å². The van der Waals surface area contributed by atoms with Crippen LogP contribution in [0.4, 0.5) is 0 Å². The van der Waals surface area contributed by atoms with E-state index >= 15 is 0 Å². The fourth-order valence-electron chi connectivity index (χ4n) is 3.02. The predicted molar refractivity (Wildman–Crippen MR) is 90.5 cm³/mol. The van der Waals surface area contributed by atoms with Gasteiger partial charge in [-0.3, -0.25) is 4.79 Å². The first-order valence-corrected chi connectivity index (χ1v) is 8.12. The van der Waals surface area contributed by atoms with Gasteiger partial charge in [0.1, 0.15) is 0 Å². The molecule has 3 N–H and O–H groups in total. The molecule has 0 radical (unpaired) electrons. The van der Waals surface area contributed by atoms with Gasteiger partial charge in [0, 0.05) is 23.8 Å². The first-order valence-electron chi connectivity index (χ1n) is 7.71. The van der Waals surface area contributed by atoms with Crippen molar-refractivity contribution in [2.45, 2.75) is 59.0 Å². The molecule has 21 heavy (non-hydrogen) atoms. The maximum Gasteiger partial charge on any atom is 0.253 e. The second-order valence-electron chi connectivity index (χ2n) is 6.14. The third kappa shape index (κ3) is 4.30. The van der Waals surface area contributed by atoms with Crippen molar-refractivity contribution in [1.29, 1.82) is 0 Å². The zero-order valence-corrected chi connectivity index (χ0v) is 13.9. The lowest BCUT2D eigenvalue weighted by Crippen LogP contribution is -2.46. The van der Waals surface area contributed by atoms with E-state index in [9.17, 15) is 4.79 Å². The minimum Gasteiger partial charge on any atom is -0.360 e. The molecule has 1 aliphatic rings. The summed E-state index contributed by atoms with van der Waals surface area (Å²) in [5.41, 5.74) is 2.60. The lowest BCUT2D eigenvalue weighted by Gasteiger charge is -2.30. The number of pyridine rings is 1. The monoisotopic (exact) mass is 307 g/mol. The van der Waals surface area contributed by atoms with E-state index in [1.807, 2.05) is 19.9 Å². The lowest BCUT2D eigenvalue weighted by atomic mass is 9.86. The van der Waals surface area contributed by atoms with E-state index in [1.165, 1.54) is 25.7 Å². The van der Waals surface area contributed by atoms with Gasteiger partial charge in [0.25, 0.3) is 5.56 Å². The van der Waals surface area contributed by atoms with E-state index in [0.717, 1.165) is 16.8 Å². The molecule has 0 spiro atoms. The Morgan fingerprint density at radius 1 is 1.38 bits per heavy atom. The zero-order chi connectivity index (χ0) is 15.4. The van der Waals surface area contributed by atoms with E-state index in [1.54, 1.807) is 0 Å². The molecule has 116 valence electrons. The number of aryl methyl sites for hydroxylation is 2. The van der Waals surface area contributed by atoms with Gasteiger partial charge in [-0.05, 0) is 56.5 Å². The Labute approximate surface area is 131 Å². The molecule has 0 aliphatic heterocycles. The van der Waals surface area contributed by atoms with Crippen LogP contribution in [0.15, 0.2) is 10.9 Å². The van der Waals surface area contributed by atoms with Crippen molar-refractivity contribution >= 4 is 17.3 Å². The van der Waals surface area contributed by atoms with E-state index in [4.69, 9.17) is 12.2 Å². The fraction of sp³-hybridized carbons (Fsp3) is 0.625. The van der Waals surface area contributed by atoms with Gasteiger partial charge in [0.15, 0.2) is 5.11 Å². The molecule has 2 atom stereocenters. The number of hydrogen-bond donors (Lipinski definition) is 3. The van der Waals surface area contributed by atoms with E-state index in [-0.39, 0.29) is 5.56 Å². The maximum absolute atomic E-state index is 12.0. The van der Waals surface area contributed by atoms with Crippen LogP contribution in [-0.2, 0) is 6.54 Å². The third-order valence-corrected chi connectivity index (χ3v) is 4.61. The summed E-state index contributed by atoms with van der Waals surface area (Å²) in [6.07, 6.45) is 5.02. The molecule has 0 aromatic carbocycles. The van der Waals surface area contributed by atoms with Crippen molar-refractivity contribution < 1.29 is 0 Å². The minimum absolute atomic E-state index is 0.0335. The van der Waals surface area contributed by atoms with Gasteiger partial charge in [-0.25, -0.2) is 0 Å². The molecule has 0 unspecified atom stereocenters. The Morgan fingerprint density at radius 2 is 2.10 bits per heavy atom. The summed E-state index contributed by atoms with van der Waals surface area (Å²) < 4.78 is 0. The number of aromatic amines is 1. The number of H-pyrrole nitrogens is 1. The van der Waals surface area contributed by atoms with Crippen molar-refractivity contribution in [1.82, 2.24) is 15.6 Å². The Hall–Kier alpha value is -1.36. The van der Waals surface area contributed by atoms with E-state index < -0.39 is 0 Å². The Morgan fingerprint density at radius 3 is 2.76 bits per heavy atom. The van der Waals surface area contributed by atoms with Crippen LogP contribution >= 0.6 is 12.2 Å². The Bertz CT molecular complexity index is 567. The van der Waals surface area contributed by atoms with Gasteiger partial charge >= 0.3 is 0 Å². The number of rotatable bonds is 3. The average molecular weight is 307 g/mol. The van der Waals surface area contributed by atoms with E-state index in [0.29, 0.717) is 23.6 Å². The molecule has 1 aromatic heterocycles. The van der Waals surface area contributed by atoms with E-state index in [2.05, 4.69) is 22.5 Å². The van der Waals surface area contributed by atoms with Crippen molar-refractivity contribution in [3.63, 3.8) is 0 Å². The molecule has 1 aromatic rings. The molecule has 1 fully saturated rings. The molecule has 0 bridgehead atoms. The smallest absolute Gasteiger partial charge is 0.253 e. The van der Waals surface area contributed by atoms with Crippen LogP contribution in [0.3, 0.4) is 0 Å². The number of aromatic nitrogens is 1. The van der Waals surface area contributed by atoms with Gasteiger partial charge < -0.3 is 15.6 Å². The highest BCUT2D eigenvalue weighted by atomic mass is 32.1. The molecule has 2 rings (SSSR count). The van der Waals surface area contributed by atoms with Crippen LogP contribution in [0.25, 0.3) is 0 Å². The normalized spacial score (nSPS) is 21.9. The molecule has 1 aliphatic carbocycles. The van der Waals surface area contributed by atoms with Crippen LogP contribution in [0.2, 0.25) is 0 Å².